The van der Waals surface area contributed by atoms with Gasteiger partial charge in [-0.2, -0.15) is 0 Å². The molecule has 1 amide bonds. The van der Waals surface area contributed by atoms with E-state index < -0.39 is 18.1 Å². The first-order valence-electron chi connectivity index (χ1n) is 10.2. The third-order valence-corrected chi connectivity index (χ3v) is 5.97. The predicted octanol–water partition coefficient (Wildman–Crippen LogP) is 5.49. The molecule has 1 N–H and O–H groups in total. The van der Waals surface area contributed by atoms with Crippen LogP contribution in [-0.2, 0) is 11.4 Å². The first-order chi connectivity index (χ1) is 15.5. The van der Waals surface area contributed by atoms with E-state index in [1.807, 2.05) is 12.1 Å². The van der Waals surface area contributed by atoms with E-state index in [9.17, 15) is 19.1 Å². The van der Waals surface area contributed by atoms with Gasteiger partial charge in [0.1, 0.15) is 24.2 Å². The molecule has 1 saturated heterocycles. The molecule has 0 aromatic heterocycles. The van der Waals surface area contributed by atoms with E-state index in [1.54, 1.807) is 54.6 Å². The molecular formula is C25H21ClFNO4. The zero-order valence-electron chi connectivity index (χ0n) is 17.1. The molecule has 1 heterocycles. The van der Waals surface area contributed by atoms with E-state index in [4.69, 9.17) is 16.3 Å². The summed E-state index contributed by atoms with van der Waals surface area (Å²) in [6.45, 7) is 0.0573. The van der Waals surface area contributed by atoms with E-state index in [-0.39, 0.29) is 18.3 Å². The highest BCUT2D eigenvalue weighted by Crippen LogP contribution is 2.40. The Morgan fingerprint density at radius 3 is 2.38 bits per heavy atom. The average molecular weight is 454 g/mol. The lowest BCUT2D eigenvalue weighted by molar-refractivity contribution is -0.141. The van der Waals surface area contributed by atoms with E-state index in [2.05, 4.69) is 0 Å². The van der Waals surface area contributed by atoms with Crippen LogP contribution in [0.25, 0.3) is 0 Å². The molecule has 3 aromatic rings. The average Bonchev–Trinajstić information content (AvgIpc) is 3.24. The smallest absolute Gasteiger partial charge is 0.326 e. The predicted molar refractivity (Wildman–Crippen MR) is 118 cm³/mol. The van der Waals surface area contributed by atoms with E-state index in [0.29, 0.717) is 34.7 Å². The lowest BCUT2D eigenvalue weighted by Crippen LogP contribution is -2.41. The molecule has 0 aliphatic carbocycles. The molecule has 0 radical (unpaired) electrons. The molecule has 32 heavy (non-hydrogen) atoms. The van der Waals surface area contributed by atoms with E-state index in [1.165, 1.54) is 11.0 Å². The summed E-state index contributed by atoms with van der Waals surface area (Å²) in [5.41, 5.74) is 1.50. The van der Waals surface area contributed by atoms with E-state index in [0.717, 1.165) is 5.56 Å². The van der Waals surface area contributed by atoms with Gasteiger partial charge < -0.3 is 14.7 Å². The zero-order valence-corrected chi connectivity index (χ0v) is 17.8. The number of nitrogens with zero attached hydrogens (tertiary/aromatic N) is 1. The van der Waals surface area contributed by atoms with Crippen LogP contribution in [0.4, 0.5) is 4.39 Å². The van der Waals surface area contributed by atoms with Crippen molar-refractivity contribution in [3.05, 3.63) is 100 Å². The summed E-state index contributed by atoms with van der Waals surface area (Å²) in [5, 5.41) is 10.2. The Hall–Kier alpha value is -3.38. The highest BCUT2D eigenvalue weighted by atomic mass is 35.5. The number of aliphatic carboxylic acids is 1. The van der Waals surface area contributed by atoms with Crippen LogP contribution in [0, 0.1) is 5.82 Å². The maximum atomic E-state index is 13.8. The molecule has 4 rings (SSSR count). The topological polar surface area (TPSA) is 66.8 Å². The first kappa shape index (κ1) is 21.8. The number of likely N-dealkylation sites (tertiary alicyclic amines) is 1. The Morgan fingerprint density at radius 2 is 1.69 bits per heavy atom. The Labute approximate surface area is 190 Å². The fourth-order valence-electron chi connectivity index (χ4n) is 4.01. The fourth-order valence-corrected chi connectivity index (χ4v) is 4.27. The van der Waals surface area contributed by atoms with Crippen LogP contribution < -0.4 is 4.74 Å². The summed E-state index contributed by atoms with van der Waals surface area (Å²) in [4.78, 5) is 26.6. The largest absolute Gasteiger partial charge is 0.489 e. The van der Waals surface area contributed by atoms with Crippen molar-refractivity contribution in [3.63, 3.8) is 0 Å². The van der Waals surface area contributed by atoms with Crippen molar-refractivity contribution in [3.8, 4) is 5.75 Å². The third-order valence-electron chi connectivity index (χ3n) is 5.62. The van der Waals surface area contributed by atoms with Crippen LogP contribution >= 0.6 is 11.6 Å². The minimum atomic E-state index is -1.04. The van der Waals surface area contributed by atoms with Gasteiger partial charge in [-0.15, -0.1) is 0 Å². The summed E-state index contributed by atoms with van der Waals surface area (Å²) >= 11 is 6.34. The molecule has 7 heteroatoms. The number of carbonyl (C=O) groups is 2. The van der Waals surface area contributed by atoms with Crippen molar-refractivity contribution in [1.29, 1.82) is 0 Å². The van der Waals surface area contributed by atoms with Gasteiger partial charge in [-0.1, -0.05) is 48.0 Å². The molecule has 3 aromatic carbocycles. The lowest BCUT2D eigenvalue weighted by atomic mass is 10.0. The minimum absolute atomic E-state index is 0.0573. The van der Waals surface area contributed by atoms with Gasteiger partial charge in [0, 0.05) is 16.1 Å². The van der Waals surface area contributed by atoms with Crippen molar-refractivity contribution in [2.75, 3.05) is 0 Å². The molecule has 1 fully saturated rings. The molecule has 2 atom stereocenters. The van der Waals surface area contributed by atoms with Gasteiger partial charge in [-0.05, 0) is 54.8 Å². The van der Waals surface area contributed by atoms with Gasteiger partial charge in [0.15, 0.2) is 0 Å². The minimum Gasteiger partial charge on any atom is -0.489 e. The van der Waals surface area contributed by atoms with Gasteiger partial charge in [0.2, 0.25) is 0 Å². The number of amides is 1. The van der Waals surface area contributed by atoms with Crippen LogP contribution in [-0.4, -0.2) is 27.9 Å². The van der Waals surface area contributed by atoms with Gasteiger partial charge in [-0.25, -0.2) is 9.18 Å². The van der Waals surface area contributed by atoms with Crippen molar-refractivity contribution in [2.24, 2.45) is 0 Å². The van der Waals surface area contributed by atoms with Gasteiger partial charge in [-0.3, -0.25) is 4.79 Å². The fraction of sp³-hybridized carbons (Fsp3) is 0.200. The SMILES string of the molecule is O=C(O)[C@@H]1CC[C@H](c2ccccc2Cl)N1C(=O)c1ccc(OCc2ccccc2F)cc1. The summed E-state index contributed by atoms with van der Waals surface area (Å²) in [5.74, 6) is -1.31. The number of carboxylic acids is 1. The molecule has 164 valence electrons. The Balaban J connectivity index is 1.54. The number of hydrogen-bond donors (Lipinski definition) is 1. The van der Waals surface area contributed by atoms with Crippen molar-refractivity contribution in [2.45, 2.75) is 31.5 Å². The van der Waals surface area contributed by atoms with Gasteiger partial charge in [0.25, 0.3) is 5.91 Å². The summed E-state index contributed by atoms with van der Waals surface area (Å²) in [6, 6.07) is 18.6. The second-order valence-corrected chi connectivity index (χ2v) is 7.99. The highest BCUT2D eigenvalue weighted by molar-refractivity contribution is 6.31. The van der Waals surface area contributed by atoms with Crippen LogP contribution in [0.5, 0.6) is 5.75 Å². The second-order valence-electron chi connectivity index (χ2n) is 7.59. The van der Waals surface area contributed by atoms with Crippen LogP contribution in [0.15, 0.2) is 72.8 Å². The third kappa shape index (κ3) is 4.46. The van der Waals surface area contributed by atoms with Crippen molar-refractivity contribution in [1.82, 2.24) is 4.90 Å². The number of hydrogen-bond acceptors (Lipinski definition) is 3. The lowest BCUT2D eigenvalue weighted by Gasteiger charge is -2.29. The van der Waals surface area contributed by atoms with Crippen LogP contribution in [0.2, 0.25) is 5.02 Å². The maximum Gasteiger partial charge on any atom is 0.326 e. The zero-order chi connectivity index (χ0) is 22.7. The summed E-state index contributed by atoms with van der Waals surface area (Å²) < 4.78 is 19.4. The molecule has 0 unspecified atom stereocenters. The Kier molecular flexibility index (Phi) is 6.42. The maximum absolute atomic E-state index is 13.8. The normalized spacial score (nSPS) is 17.9. The highest BCUT2D eigenvalue weighted by Gasteiger charge is 2.42. The molecule has 0 saturated carbocycles. The molecule has 5 nitrogen and oxygen atoms in total. The van der Waals surface area contributed by atoms with Crippen LogP contribution in [0.1, 0.15) is 40.4 Å². The molecule has 1 aliphatic rings. The van der Waals surface area contributed by atoms with Crippen molar-refractivity contribution < 1.29 is 23.8 Å². The number of benzene rings is 3. The van der Waals surface area contributed by atoms with Gasteiger partial charge >= 0.3 is 5.97 Å². The molecule has 0 spiro atoms. The first-order valence-corrected chi connectivity index (χ1v) is 10.6. The quantitative estimate of drug-likeness (QED) is 0.536. The molecule has 0 bridgehead atoms. The van der Waals surface area contributed by atoms with Crippen LogP contribution in [0.3, 0.4) is 0 Å². The monoisotopic (exact) mass is 453 g/mol. The van der Waals surface area contributed by atoms with Crippen molar-refractivity contribution >= 4 is 23.5 Å². The molecule has 1 aliphatic heterocycles. The summed E-state index contributed by atoms with van der Waals surface area (Å²) in [7, 11) is 0. The number of rotatable bonds is 6. The molecular weight excluding hydrogens is 433 g/mol. The number of halogens is 2. The second kappa shape index (κ2) is 9.40. The Morgan fingerprint density at radius 1 is 1.00 bits per heavy atom. The summed E-state index contributed by atoms with van der Waals surface area (Å²) in [6.07, 6.45) is 0.858. The number of carbonyl (C=O) groups excluding carboxylic acids is 1. The van der Waals surface area contributed by atoms with E-state index >= 15 is 0 Å². The Bertz CT molecular complexity index is 1130. The number of carboxylic acid groups (broad SMARTS) is 1. The standard InChI is InChI=1S/C25H21ClFNO4/c26-20-7-3-2-6-19(20)22-13-14-23(25(30)31)28(22)24(29)16-9-11-18(12-10-16)32-15-17-5-1-4-8-21(17)27/h1-12,22-23H,13-15H2,(H,30,31)/t22-,23+/m1/s1. The number of ether oxygens (including phenoxy) is 1. The van der Waals surface area contributed by atoms with Gasteiger partial charge in [0.05, 0.1) is 6.04 Å².